The Hall–Kier alpha value is -1.99. The molecule has 0 unspecified atom stereocenters. The van der Waals surface area contributed by atoms with Gasteiger partial charge in [0.25, 0.3) is 0 Å². The maximum atomic E-state index is 12.0. The van der Waals surface area contributed by atoms with E-state index in [1.807, 2.05) is 30.5 Å². The highest BCUT2D eigenvalue weighted by atomic mass is 79.9. The molecule has 2 amide bonds. The Morgan fingerprint density at radius 2 is 2.13 bits per heavy atom. The summed E-state index contributed by atoms with van der Waals surface area (Å²) in [7, 11) is 1.58. The zero-order valence-electron chi connectivity index (χ0n) is 12.7. The van der Waals surface area contributed by atoms with Crippen LogP contribution in [0.25, 0.3) is 6.08 Å². The van der Waals surface area contributed by atoms with E-state index >= 15 is 0 Å². The van der Waals surface area contributed by atoms with E-state index in [-0.39, 0.29) is 18.4 Å². The number of anilines is 1. The zero-order chi connectivity index (χ0) is 16.8. The van der Waals surface area contributed by atoms with E-state index in [1.165, 1.54) is 22.3 Å². The molecule has 2 aromatic rings. The fraction of sp³-hybridized carbons (Fsp3) is 0.188. The third-order valence-electron chi connectivity index (χ3n) is 2.94. The van der Waals surface area contributed by atoms with Crippen LogP contribution in [0.3, 0.4) is 0 Å². The minimum absolute atomic E-state index is 0.0272. The minimum atomic E-state index is -0.259. The quantitative estimate of drug-likeness (QED) is 0.792. The molecule has 0 atom stereocenters. The molecule has 0 aliphatic heterocycles. The maximum absolute atomic E-state index is 12.0. The van der Waals surface area contributed by atoms with Gasteiger partial charge in [0.2, 0.25) is 11.8 Å². The third kappa shape index (κ3) is 5.30. The second-order valence-corrected chi connectivity index (χ2v) is 6.76. The van der Waals surface area contributed by atoms with Gasteiger partial charge >= 0.3 is 0 Å². The van der Waals surface area contributed by atoms with Crippen molar-refractivity contribution >= 4 is 50.8 Å². The van der Waals surface area contributed by atoms with Crippen molar-refractivity contribution in [3.05, 3.63) is 50.9 Å². The van der Waals surface area contributed by atoms with Gasteiger partial charge in [0.1, 0.15) is 0 Å². The van der Waals surface area contributed by atoms with Crippen LogP contribution >= 0.6 is 27.3 Å². The summed E-state index contributed by atoms with van der Waals surface area (Å²) < 4.78 is 0.793. The number of amides is 2. The van der Waals surface area contributed by atoms with Crippen LogP contribution in [0.2, 0.25) is 0 Å². The number of thiazole rings is 1. The second kappa shape index (κ2) is 8.03. The Labute approximate surface area is 147 Å². The zero-order valence-corrected chi connectivity index (χ0v) is 15.1. The molecule has 0 aliphatic carbocycles. The standard InChI is InChI=1S/C16H16BrN3O2S/c1-11-18-12(10-23-11)7-8-16(22)20(2)9-15(21)19-14-6-4-3-5-13(14)17/h3-8,10H,9H2,1-2H3,(H,19,21)/b8-7+. The number of carbonyl (C=O) groups excluding carboxylic acids is 2. The molecule has 1 aromatic carbocycles. The van der Waals surface area contributed by atoms with E-state index in [4.69, 9.17) is 0 Å². The third-order valence-corrected chi connectivity index (χ3v) is 4.42. The Morgan fingerprint density at radius 1 is 1.39 bits per heavy atom. The van der Waals surface area contributed by atoms with Crippen LogP contribution in [0.15, 0.2) is 40.2 Å². The van der Waals surface area contributed by atoms with Gasteiger partial charge in [-0.05, 0) is 41.1 Å². The molecule has 0 saturated carbocycles. The average Bonchev–Trinajstić information content (AvgIpc) is 2.92. The van der Waals surface area contributed by atoms with Gasteiger partial charge in [-0.2, -0.15) is 0 Å². The Bertz CT molecular complexity index is 742. The highest BCUT2D eigenvalue weighted by Gasteiger charge is 2.11. The summed E-state index contributed by atoms with van der Waals surface area (Å²) in [5.41, 5.74) is 1.42. The van der Waals surface area contributed by atoms with Crippen molar-refractivity contribution in [1.29, 1.82) is 0 Å². The molecule has 1 heterocycles. The highest BCUT2D eigenvalue weighted by molar-refractivity contribution is 9.10. The number of nitrogens with one attached hydrogen (secondary N) is 1. The number of carbonyl (C=O) groups is 2. The van der Waals surface area contributed by atoms with Gasteiger partial charge in [-0.1, -0.05) is 12.1 Å². The van der Waals surface area contributed by atoms with Gasteiger partial charge in [0.05, 0.1) is 22.9 Å². The Balaban J connectivity index is 1.89. The van der Waals surface area contributed by atoms with Crippen molar-refractivity contribution < 1.29 is 9.59 Å². The molecule has 1 N–H and O–H groups in total. The van der Waals surface area contributed by atoms with Gasteiger partial charge in [-0.15, -0.1) is 11.3 Å². The van der Waals surface area contributed by atoms with Crippen LogP contribution in [0.4, 0.5) is 5.69 Å². The van der Waals surface area contributed by atoms with E-state index in [2.05, 4.69) is 26.2 Å². The van der Waals surface area contributed by atoms with Crippen molar-refractivity contribution in [3.8, 4) is 0 Å². The lowest BCUT2D eigenvalue weighted by Crippen LogP contribution is -2.33. The van der Waals surface area contributed by atoms with E-state index in [0.717, 1.165) is 15.2 Å². The fourth-order valence-corrected chi connectivity index (χ4v) is 2.75. The molecule has 0 spiro atoms. The van der Waals surface area contributed by atoms with Gasteiger partial charge in [-0.25, -0.2) is 4.98 Å². The summed E-state index contributed by atoms with van der Waals surface area (Å²) in [4.78, 5) is 29.6. The summed E-state index contributed by atoms with van der Waals surface area (Å²) in [5, 5.41) is 5.58. The largest absolute Gasteiger partial charge is 0.333 e. The number of hydrogen-bond acceptors (Lipinski definition) is 4. The summed E-state index contributed by atoms with van der Waals surface area (Å²) in [5.74, 6) is -0.511. The number of hydrogen-bond donors (Lipinski definition) is 1. The van der Waals surface area contributed by atoms with Crippen molar-refractivity contribution in [2.24, 2.45) is 0 Å². The average molecular weight is 394 g/mol. The lowest BCUT2D eigenvalue weighted by Gasteiger charge is -2.15. The molecule has 2 rings (SSSR count). The number of aryl methyl sites for hydroxylation is 1. The molecule has 0 aliphatic rings. The first kappa shape index (κ1) is 17.4. The van der Waals surface area contributed by atoms with Gasteiger partial charge in [0, 0.05) is 23.0 Å². The highest BCUT2D eigenvalue weighted by Crippen LogP contribution is 2.20. The first-order chi connectivity index (χ1) is 11.0. The smallest absolute Gasteiger partial charge is 0.246 e. The van der Waals surface area contributed by atoms with Crippen LogP contribution in [0.5, 0.6) is 0 Å². The van der Waals surface area contributed by atoms with Crippen LogP contribution in [-0.4, -0.2) is 35.3 Å². The summed E-state index contributed by atoms with van der Waals surface area (Å²) in [6, 6.07) is 7.31. The van der Waals surface area contributed by atoms with Crippen molar-refractivity contribution in [3.63, 3.8) is 0 Å². The van der Waals surface area contributed by atoms with Crippen molar-refractivity contribution in [2.75, 3.05) is 18.9 Å². The van der Waals surface area contributed by atoms with Gasteiger partial charge in [-0.3, -0.25) is 9.59 Å². The van der Waals surface area contributed by atoms with Crippen LogP contribution in [0.1, 0.15) is 10.7 Å². The fourth-order valence-electron chi connectivity index (χ4n) is 1.79. The number of nitrogens with zero attached hydrogens (tertiary/aromatic N) is 2. The first-order valence-corrected chi connectivity index (χ1v) is 8.52. The molecule has 23 heavy (non-hydrogen) atoms. The number of rotatable bonds is 5. The number of benzene rings is 1. The van der Waals surface area contributed by atoms with Crippen molar-refractivity contribution in [2.45, 2.75) is 6.92 Å². The topological polar surface area (TPSA) is 62.3 Å². The summed E-state index contributed by atoms with van der Waals surface area (Å²) in [6.45, 7) is 1.88. The van der Waals surface area contributed by atoms with Crippen LogP contribution in [-0.2, 0) is 9.59 Å². The maximum Gasteiger partial charge on any atom is 0.246 e. The van der Waals surface area contributed by atoms with Crippen LogP contribution < -0.4 is 5.32 Å². The van der Waals surface area contributed by atoms with Crippen LogP contribution in [0, 0.1) is 6.92 Å². The SMILES string of the molecule is Cc1nc(/C=C/C(=O)N(C)CC(=O)Nc2ccccc2Br)cs1. The molecule has 0 radical (unpaired) electrons. The number of likely N-dealkylation sites (N-methyl/N-ethyl adjacent to an activating group) is 1. The Morgan fingerprint density at radius 3 is 2.78 bits per heavy atom. The molecule has 1 aromatic heterocycles. The minimum Gasteiger partial charge on any atom is -0.333 e. The van der Waals surface area contributed by atoms with Gasteiger partial charge in [0.15, 0.2) is 0 Å². The molecule has 120 valence electrons. The molecule has 0 saturated heterocycles. The number of halogens is 1. The van der Waals surface area contributed by atoms with Crippen molar-refractivity contribution in [1.82, 2.24) is 9.88 Å². The van der Waals surface area contributed by atoms with E-state index in [1.54, 1.807) is 19.2 Å². The lowest BCUT2D eigenvalue weighted by atomic mass is 10.3. The predicted octanol–water partition coefficient (Wildman–Crippen LogP) is 3.32. The molecule has 7 heteroatoms. The monoisotopic (exact) mass is 393 g/mol. The molecule has 5 nitrogen and oxygen atoms in total. The lowest BCUT2D eigenvalue weighted by molar-refractivity contribution is -0.129. The summed E-state index contributed by atoms with van der Waals surface area (Å²) in [6.07, 6.45) is 3.06. The van der Waals surface area contributed by atoms with E-state index in [0.29, 0.717) is 5.69 Å². The summed E-state index contributed by atoms with van der Waals surface area (Å²) >= 11 is 4.88. The molecular formula is C16H16BrN3O2S. The predicted molar refractivity (Wildman–Crippen MR) is 96.3 cm³/mol. The normalized spacial score (nSPS) is 10.7. The molecule has 0 fully saturated rings. The first-order valence-electron chi connectivity index (χ1n) is 6.85. The van der Waals surface area contributed by atoms with E-state index in [9.17, 15) is 9.59 Å². The number of aromatic nitrogens is 1. The van der Waals surface area contributed by atoms with Gasteiger partial charge < -0.3 is 10.2 Å². The van der Waals surface area contributed by atoms with E-state index < -0.39 is 0 Å². The molecular weight excluding hydrogens is 378 g/mol. The Kier molecular flexibility index (Phi) is 6.06. The molecule has 0 bridgehead atoms. The number of para-hydroxylation sites is 1. The second-order valence-electron chi connectivity index (χ2n) is 4.85.